The van der Waals surface area contributed by atoms with Crippen LogP contribution in [0.3, 0.4) is 0 Å². The smallest absolute Gasteiger partial charge is 0.150 e. The van der Waals surface area contributed by atoms with Gasteiger partial charge in [0.1, 0.15) is 18.6 Å². The molecular formula is C11H14O3. The van der Waals surface area contributed by atoms with Crippen molar-refractivity contribution in [2.75, 3.05) is 20.3 Å². The van der Waals surface area contributed by atoms with Crippen molar-refractivity contribution in [1.29, 1.82) is 0 Å². The van der Waals surface area contributed by atoms with Gasteiger partial charge in [-0.1, -0.05) is 12.1 Å². The Morgan fingerprint density at radius 2 is 2.14 bits per heavy atom. The van der Waals surface area contributed by atoms with Gasteiger partial charge < -0.3 is 9.47 Å². The largest absolute Gasteiger partial charge is 0.491 e. The predicted molar refractivity (Wildman–Crippen MR) is 53.9 cm³/mol. The fraction of sp³-hybridized carbons (Fsp3) is 0.364. The van der Waals surface area contributed by atoms with Crippen molar-refractivity contribution >= 4 is 6.29 Å². The van der Waals surface area contributed by atoms with Gasteiger partial charge in [0.25, 0.3) is 0 Å². The second-order valence-corrected chi connectivity index (χ2v) is 2.93. The fourth-order valence-corrected chi connectivity index (χ4v) is 1.15. The van der Waals surface area contributed by atoms with Gasteiger partial charge in [0.05, 0.1) is 6.61 Å². The second-order valence-electron chi connectivity index (χ2n) is 2.93. The summed E-state index contributed by atoms with van der Waals surface area (Å²) in [4.78, 5) is 10.6. The topological polar surface area (TPSA) is 35.5 Å². The molecule has 0 aromatic heterocycles. The van der Waals surface area contributed by atoms with E-state index in [2.05, 4.69) is 0 Å². The molecule has 0 atom stereocenters. The number of carbonyl (C=O) groups excluding carboxylic acids is 1. The highest BCUT2D eigenvalue weighted by Crippen LogP contribution is 2.19. The first kappa shape index (κ1) is 10.7. The van der Waals surface area contributed by atoms with E-state index in [1.165, 1.54) is 0 Å². The zero-order chi connectivity index (χ0) is 10.4. The van der Waals surface area contributed by atoms with E-state index in [-0.39, 0.29) is 0 Å². The van der Waals surface area contributed by atoms with Crippen LogP contribution in [0.5, 0.6) is 5.75 Å². The molecule has 0 unspecified atom stereocenters. The lowest BCUT2D eigenvalue weighted by molar-refractivity contribution is 0.112. The number of hydrogen-bond acceptors (Lipinski definition) is 3. The Morgan fingerprint density at radius 1 is 1.36 bits per heavy atom. The van der Waals surface area contributed by atoms with Gasteiger partial charge in [-0.15, -0.1) is 0 Å². The average Bonchev–Trinajstić information content (AvgIpc) is 2.21. The zero-order valence-electron chi connectivity index (χ0n) is 8.45. The number of rotatable bonds is 5. The highest BCUT2D eigenvalue weighted by atomic mass is 16.5. The van der Waals surface area contributed by atoms with Crippen molar-refractivity contribution in [3.63, 3.8) is 0 Å². The molecule has 0 spiro atoms. The number of carbonyl (C=O) groups is 1. The Morgan fingerprint density at radius 3 is 2.79 bits per heavy atom. The first-order chi connectivity index (χ1) is 6.79. The van der Waals surface area contributed by atoms with Gasteiger partial charge in [-0.2, -0.15) is 0 Å². The third-order valence-corrected chi connectivity index (χ3v) is 2.00. The number of hydrogen-bond donors (Lipinski definition) is 0. The molecular weight excluding hydrogens is 180 g/mol. The van der Waals surface area contributed by atoms with E-state index in [9.17, 15) is 4.79 Å². The molecule has 1 rings (SSSR count). The molecule has 0 saturated heterocycles. The molecule has 0 bridgehead atoms. The lowest BCUT2D eigenvalue weighted by atomic mass is 10.1. The molecule has 1 aromatic carbocycles. The normalized spacial score (nSPS) is 9.86. The predicted octanol–water partition coefficient (Wildman–Crippen LogP) is 1.83. The monoisotopic (exact) mass is 194 g/mol. The quantitative estimate of drug-likeness (QED) is 0.530. The maximum atomic E-state index is 10.6. The van der Waals surface area contributed by atoms with Crippen LogP contribution < -0.4 is 4.74 Å². The molecule has 1 aromatic rings. The van der Waals surface area contributed by atoms with Gasteiger partial charge in [-0.25, -0.2) is 0 Å². The van der Waals surface area contributed by atoms with Crippen LogP contribution in [-0.2, 0) is 4.74 Å². The van der Waals surface area contributed by atoms with Gasteiger partial charge in [0.15, 0.2) is 0 Å². The number of ether oxygens (including phenoxy) is 2. The van der Waals surface area contributed by atoms with Crippen LogP contribution in [0, 0.1) is 6.92 Å². The number of benzene rings is 1. The summed E-state index contributed by atoms with van der Waals surface area (Å²) in [6.45, 7) is 2.91. The molecule has 0 aliphatic heterocycles. The van der Waals surface area contributed by atoms with Crippen LogP contribution in [0.15, 0.2) is 18.2 Å². The van der Waals surface area contributed by atoms with Crippen molar-refractivity contribution in [1.82, 2.24) is 0 Å². The molecule has 14 heavy (non-hydrogen) atoms. The van der Waals surface area contributed by atoms with Crippen LogP contribution in [0.4, 0.5) is 0 Å². The van der Waals surface area contributed by atoms with Gasteiger partial charge in [-0.3, -0.25) is 4.79 Å². The zero-order valence-corrected chi connectivity index (χ0v) is 8.45. The molecule has 3 nitrogen and oxygen atoms in total. The van der Waals surface area contributed by atoms with Crippen molar-refractivity contribution in [3.05, 3.63) is 29.3 Å². The lowest BCUT2D eigenvalue weighted by Crippen LogP contribution is -2.05. The summed E-state index contributed by atoms with van der Waals surface area (Å²) in [5.74, 6) is 0.742. The molecule has 0 amide bonds. The van der Waals surface area contributed by atoms with Gasteiger partial charge >= 0.3 is 0 Å². The molecule has 0 aliphatic carbocycles. The Kier molecular flexibility index (Phi) is 4.13. The summed E-state index contributed by atoms with van der Waals surface area (Å²) < 4.78 is 10.3. The van der Waals surface area contributed by atoms with E-state index in [4.69, 9.17) is 9.47 Å². The first-order valence-corrected chi connectivity index (χ1v) is 4.46. The molecule has 0 radical (unpaired) electrons. The highest BCUT2D eigenvalue weighted by molar-refractivity contribution is 5.78. The fourth-order valence-electron chi connectivity index (χ4n) is 1.15. The molecule has 3 heteroatoms. The van der Waals surface area contributed by atoms with E-state index >= 15 is 0 Å². The minimum Gasteiger partial charge on any atom is -0.491 e. The second kappa shape index (κ2) is 5.40. The van der Waals surface area contributed by atoms with Crippen LogP contribution in [0.25, 0.3) is 0 Å². The van der Waals surface area contributed by atoms with E-state index < -0.39 is 0 Å². The van der Waals surface area contributed by atoms with Crippen molar-refractivity contribution in [2.45, 2.75) is 6.92 Å². The number of methoxy groups -OCH3 is 1. The highest BCUT2D eigenvalue weighted by Gasteiger charge is 2.03. The van der Waals surface area contributed by atoms with Gasteiger partial charge in [0.2, 0.25) is 0 Å². The summed E-state index contributed by atoms with van der Waals surface area (Å²) >= 11 is 0. The lowest BCUT2D eigenvalue weighted by Gasteiger charge is -2.09. The summed E-state index contributed by atoms with van der Waals surface area (Å²) in [5, 5.41) is 0. The SMILES string of the molecule is COCCOc1cccc(C=O)c1C. The van der Waals surface area contributed by atoms with Crippen LogP contribution in [0.1, 0.15) is 15.9 Å². The summed E-state index contributed by atoms with van der Waals surface area (Å²) in [5.41, 5.74) is 1.54. The van der Waals surface area contributed by atoms with E-state index in [1.54, 1.807) is 19.2 Å². The van der Waals surface area contributed by atoms with Crippen molar-refractivity contribution in [2.24, 2.45) is 0 Å². The molecule has 0 aliphatic rings. The molecule has 0 fully saturated rings. The van der Waals surface area contributed by atoms with Crippen LogP contribution >= 0.6 is 0 Å². The van der Waals surface area contributed by atoms with E-state index in [0.717, 1.165) is 17.6 Å². The Bertz CT molecular complexity index is 307. The first-order valence-electron chi connectivity index (χ1n) is 4.46. The Labute approximate surface area is 83.6 Å². The third kappa shape index (κ3) is 2.57. The van der Waals surface area contributed by atoms with Crippen LogP contribution in [-0.4, -0.2) is 26.6 Å². The van der Waals surface area contributed by atoms with Crippen molar-refractivity contribution < 1.29 is 14.3 Å². The van der Waals surface area contributed by atoms with Gasteiger partial charge in [0, 0.05) is 18.2 Å². The standard InChI is InChI=1S/C11H14O3/c1-9-10(8-12)4-3-5-11(9)14-7-6-13-2/h3-5,8H,6-7H2,1-2H3. The summed E-state index contributed by atoms with van der Waals surface area (Å²) in [7, 11) is 1.62. The summed E-state index contributed by atoms with van der Waals surface area (Å²) in [6.07, 6.45) is 0.832. The molecule has 0 saturated carbocycles. The van der Waals surface area contributed by atoms with Crippen molar-refractivity contribution in [3.8, 4) is 5.75 Å². The Hall–Kier alpha value is -1.35. The average molecular weight is 194 g/mol. The molecule has 0 heterocycles. The summed E-state index contributed by atoms with van der Waals surface area (Å²) in [6, 6.07) is 5.42. The van der Waals surface area contributed by atoms with E-state index in [0.29, 0.717) is 18.8 Å². The van der Waals surface area contributed by atoms with Gasteiger partial charge in [-0.05, 0) is 13.0 Å². The Balaban J connectivity index is 2.71. The minimum atomic E-state index is 0.500. The number of aldehydes is 1. The third-order valence-electron chi connectivity index (χ3n) is 2.00. The maximum Gasteiger partial charge on any atom is 0.150 e. The van der Waals surface area contributed by atoms with Crippen LogP contribution in [0.2, 0.25) is 0 Å². The molecule has 76 valence electrons. The maximum absolute atomic E-state index is 10.6. The molecule has 0 N–H and O–H groups in total. The van der Waals surface area contributed by atoms with E-state index in [1.807, 2.05) is 13.0 Å². The minimum absolute atomic E-state index is 0.500.